The third-order valence-electron chi connectivity index (χ3n) is 3.10. The van der Waals surface area contributed by atoms with Gasteiger partial charge in [-0.25, -0.2) is 4.39 Å². The quantitative estimate of drug-likeness (QED) is 0.758. The fourth-order valence-corrected chi connectivity index (χ4v) is 2.74. The molecule has 124 valence electrons. The van der Waals surface area contributed by atoms with Crippen LogP contribution in [0.2, 0.25) is 0 Å². The highest BCUT2D eigenvalue weighted by Crippen LogP contribution is 2.26. The fourth-order valence-electron chi connectivity index (χ4n) is 1.92. The van der Waals surface area contributed by atoms with Gasteiger partial charge in [-0.15, -0.1) is 10.2 Å². The number of benzene rings is 1. The highest BCUT2D eigenvalue weighted by Gasteiger charge is 2.25. The van der Waals surface area contributed by atoms with E-state index in [9.17, 15) is 14.3 Å². The number of aliphatic hydroxyl groups excluding tert-OH is 1. The predicted molar refractivity (Wildman–Crippen MR) is 88.4 cm³/mol. The maximum atomic E-state index is 13.1. The first-order valence-electron chi connectivity index (χ1n) is 6.65. The summed E-state index contributed by atoms with van der Waals surface area (Å²) in [4.78, 5) is 10.1. The zero-order valence-electron chi connectivity index (χ0n) is 12.0. The second kappa shape index (κ2) is 8.01. The van der Waals surface area contributed by atoms with E-state index in [-0.39, 0.29) is 0 Å². The Labute approximate surface area is 146 Å². The topological polar surface area (TPSA) is 75.1 Å². The molecule has 1 aromatic heterocycles. The van der Waals surface area contributed by atoms with E-state index in [4.69, 9.17) is 23.2 Å². The zero-order chi connectivity index (χ0) is 17.0. The fraction of sp³-hybridized carbons (Fsp3) is 0.357. The van der Waals surface area contributed by atoms with Crippen molar-refractivity contribution in [3.8, 4) is 10.6 Å². The molecule has 23 heavy (non-hydrogen) atoms. The van der Waals surface area contributed by atoms with Crippen LogP contribution < -0.4 is 5.32 Å². The standard InChI is InChI=1S/C14H14Cl2FN3O2S/c1-7-19-20-14(23-7)9-4-2-8(3-5-9)11(21)10(6-17)18-13(22)12(15)16/h2-5,10-12,21H,6H2,1H3,(H,18,22)/t10-,11-/m1/s1. The summed E-state index contributed by atoms with van der Waals surface area (Å²) in [5, 5.41) is 22.0. The van der Waals surface area contributed by atoms with Crippen LogP contribution in [0.3, 0.4) is 0 Å². The molecule has 0 spiro atoms. The maximum Gasteiger partial charge on any atom is 0.253 e. The average Bonchev–Trinajstić information content (AvgIpc) is 2.98. The number of hydrogen-bond acceptors (Lipinski definition) is 5. The summed E-state index contributed by atoms with van der Waals surface area (Å²) in [7, 11) is 0. The van der Waals surface area contributed by atoms with Gasteiger partial charge in [0.2, 0.25) is 0 Å². The molecule has 2 aromatic rings. The number of rotatable bonds is 6. The van der Waals surface area contributed by atoms with Gasteiger partial charge in [0.15, 0.2) is 4.84 Å². The Morgan fingerprint density at radius 1 is 1.35 bits per heavy atom. The van der Waals surface area contributed by atoms with Crippen LogP contribution in [-0.4, -0.2) is 38.8 Å². The average molecular weight is 378 g/mol. The van der Waals surface area contributed by atoms with Crippen molar-refractivity contribution in [2.45, 2.75) is 23.9 Å². The second-order valence-corrected chi connectivity index (χ2v) is 7.04. The minimum Gasteiger partial charge on any atom is -0.386 e. The molecule has 2 atom stereocenters. The van der Waals surface area contributed by atoms with Gasteiger partial charge in [0.05, 0.1) is 6.04 Å². The van der Waals surface area contributed by atoms with Gasteiger partial charge < -0.3 is 10.4 Å². The van der Waals surface area contributed by atoms with Crippen molar-refractivity contribution in [1.82, 2.24) is 15.5 Å². The molecule has 2 N–H and O–H groups in total. The van der Waals surface area contributed by atoms with Crippen molar-refractivity contribution in [1.29, 1.82) is 0 Å². The van der Waals surface area contributed by atoms with Crippen molar-refractivity contribution < 1.29 is 14.3 Å². The van der Waals surface area contributed by atoms with E-state index in [0.29, 0.717) is 5.56 Å². The highest BCUT2D eigenvalue weighted by atomic mass is 35.5. The molecule has 0 bridgehead atoms. The van der Waals surface area contributed by atoms with E-state index in [0.717, 1.165) is 15.6 Å². The largest absolute Gasteiger partial charge is 0.386 e. The molecule has 0 fully saturated rings. The smallest absolute Gasteiger partial charge is 0.253 e. The summed E-state index contributed by atoms with van der Waals surface area (Å²) in [5.41, 5.74) is 1.30. The third kappa shape index (κ3) is 4.60. The summed E-state index contributed by atoms with van der Waals surface area (Å²) >= 11 is 12.3. The lowest BCUT2D eigenvalue weighted by Crippen LogP contribution is -2.43. The van der Waals surface area contributed by atoms with E-state index in [1.165, 1.54) is 11.3 Å². The first-order valence-corrected chi connectivity index (χ1v) is 8.34. The number of nitrogens with zero attached hydrogens (tertiary/aromatic N) is 2. The summed E-state index contributed by atoms with van der Waals surface area (Å²) < 4.78 is 13.1. The Balaban J connectivity index is 2.12. The minimum absolute atomic E-state index is 0.457. The van der Waals surface area contributed by atoms with Gasteiger partial charge in [-0.2, -0.15) is 0 Å². The monoisotopic (exact) mass is 377 g/mol. The van der Waals surface area contributed by atoms with Gasteiger partial charge in [-0.3, -0.25) is 4.79 Å². The third-order valence-corrected chi connectivity index (χ3v) is 4.38. The summed E-state index contributed by atoms with van der Waals surface area (Å²) in [5.74, 6) is -0.754. The van der Waals surface area contributed by atoms with Gasteiger partial charge in [0.25, 0.3) is 5.91 Å². The Kier molecular flexibility index (Phi) is 6.29. The van der Waals surface area contributed by atoms with E-state index < -0.39 is 29.6 Å². The summed E-state index contributed by atoms with van der Waals surface area (Å²) in [6.45, 7) is 0.902. The maximum absolute atomic E-state index is 13.1. The van der Waals surface area contributed by atoms with Crippen LogP contribution in [0.4, 0.5) is 4.39 Å². The molecular weight excluding hydrogens is 364 g/mol. The van der Waals surface area contributed by atoms with Crippen molar-refractivity contribution in [3.05, 3.63) is 34.8 Å². The lowest BCUT2D eigenvalue weighted by molar-refractivity contribution is -0.121. The van der Waals surface area contributed by atoms with Crippen molar-refractivity contribution in [2.75, 3.05) is 6.67 Å². The van der Waals surface area contributed by atoms with Crippen molar-refractivity contribution in [3.63, 3.8) is 0 Å². The van der Waals surface area contributed by atoms with Crippen LogP contribution in [-0.2, 0) is 4.79 Å². The van der Waals surface area contributed by atoms with Crippen LogP contribution in [0.15, 0.2) is 24.3 Å². The number of carbonyl (C=O) groups excluding carboxylic acids is 1. The minimum atomic E-state index is -1.32. The molecule has 1 aromatic carbocycles. The lowest BCUT2D eigenvalue weighted by Gasteiger charge is -2.22. The van der Waals surface area contributed by atoms with Crippen LogP contribution >= 0.6 is 34.5 Å². The molecule has 0 saturated carbocycles. The molecule has 2 rings (SSSR count). The van der Waals surface area contributed by atoms with Crippen LogP contribution in [0.1, 0.15) is 16.7 Å². The number of carbonyl (C=O) groups is 1. The molecule has 1 amide bonds. The van der Waals surface area contributed by atoms with E-state index in [1.54, 1.807) is 24.3 Å². The summed E-state index contributed by atoms with van der Waals surface area (Å²) in [6, 6.07) is 5.66. The van der Waals surface area contributed by atoms with Crippen LogP contribution in [0, 0.1) is 6.92 Å². The Hall–Kier alpha value is -1.28. The number of amides is 1. The van der Waals surface area contributed by atoms with Crippen LogP contribution in [0.25, 0.3) is 10.6 Å². The van der Waals surface area contributed by atoms with Gasteiger partial charge in [-0.1, -0.05) is 58.8 Å². The van der Waals surface area contributed by atoms with Gasteiger partial charge in [-0.05, 0) is 12.5 Å². The zero-order valence-corrected chi connectivity index (χ0v) is 14.4. The molecule has 0 saturated heterocycles. The Morgan fingerprint density at radius 2 is 2.00 bits per heavy atom. The Morgan fingerprint density at radius 3 is 2.48 bits per heavy atom. The number of halogens is 3. The van der Waals surface area contributed by atoms with Gasteiger partial charge in [0.1, 0.15) is 22.8 Å². The number of aromatic nitrogens is 2. The van der Waals surface area contributed by atoms with E-state index >= 15 is 0 Å². The number of alkyl halides is 3. The molecule has 9 heteroatoms. The molecule has 5 nitrogen and oxygen atoms in total. The SMILES string of the molecule is Cc1nnc(-c2ccc([C@@H](O)[C@@H](CF)NC(=O)C(Cl)Cl)cc2)s1. The number of hydrogen-bond donors (Lipinski definition) is 2. The molecule has 0 aliphatic carbocycles. The normalized spacial score (nSPS) is 13.8. The molecule has 0 aliphatic rings. The number of aliphatic hydroxyl groups is 1. The number of nitrogens with one attached hydrogen (secondary N) is 1. The first-order chi connectivity index (χ1) is 10.9. The van der Waals surface area contributed by atoms with E-state index in [2.05, 4.69) is 15.5 Å². The highest BCUT2D eigenvalue weighted by molar-refractivity contribution is 7.14. The molecule has 0 radical (unpaired) electrons. The molecular formula is C14H14Cl2FN3O2S. The predicted octanol–water partition coefficient (Wildman–Crippen LogP) is 2.80. The molecule has 0 aliphatic heterocycles. The van der Waals surface area contributed by atoms with Gasteiger partial charge >= 0.3 is 0 Å². The summed E-state index contributed by atoms with van der Waals surface area (Å²) in [6.07, 6.45) is -1.22. The van der Waals surface area contributed by atoms with E-state index in [1.807, 2.05) is 6.92 Å². The van der Waals surface area contributed by atoms with Crippen molar-refractivity contribution >= 4 is 40.4 Å². The van der Waals surface area contributed by atoms with Gasteiger partial charge in [0, 0.05) is 5.56 Å². The van der Waals surface area contributed by atoms with Crippen LogP contribution in [0.5, 0.6) is 0 Å². The number of aryl methyl sites for hydroxylation is 1. The molecule has 1 heterocycles. The first kappa shape index (κ1) is 18.1. The molecule has 0 unspecified atom stereocenters. The van der Waals surface area contributed by atoms with Crippen molar-refractivity contribution in [2.24, 2.45) is 0 Å². The lowest BCUT2D eigenvalue weighted by atomic mass is 10.0. The second-order valence-electron chi connectivity index (χ2n) is 4.76. The Bertz CT molecular complexity index is 666.